The van der Waals surface area contributed by atoms with Crippen LogP contribution in [0.3, 0.4) is 0 Å². The molecule has 120 valence electrons. The molecular weight excluding hydrogens is 264 g/mol. The van der Waals surface area contributed by atoms with Crippen LogP contribution in [0.25, 0.3) is 0 Å². The Hall–Kier alpha value is -0.800. The van der Waals surface area contributed by atoms with Crippen molar-refractivity contribution in [3.8, 4) is 0 Å². The lowest BCUT2D eigenvalue weighted by Crippen LogP contribution is -2.17. The molecule has 3 heteroatoms. The summed E-state index contributed by atoms with van der Waals surface area (Å²) in [5.74, 6) is 1.43. The predicted octanol–water partition coefficient (Wildman–Crippen LogP) is 3.91. The molecule has 2 saturated carbocycles. The van der Waals surface area contributed by atoms with E-state index in [2.05, 4.69) is 12.2 Å². The molecule has 0 spiro atoms. The van der Waals surface area contributed by atoms with E-state index in [0.717, 1.165) is 64.2 Å². The molecule has 2 fully saturated rings. The van der Waals surface area contributed by atoms with Crippen molar-refractivity contribution < 1.29 is 14.9 Å². The molecule has 0 saturated heterocycles. The van der Waals surface area contributed by atoms with Crippen LogP contribution in [0.15, 0.2) is 24.7 Å². The highest BCUT2D eigenvalue weighted by atomic mass is 16.5. The number of rotatable bonds is 6. The maximum atomic E-state index is 9.45. The Balaban J connectivity index is 1.50. The number of ether oxygens (including phenoxy) is 1. The third-order valence-electron chi connectivity index (χ3n) is 4.92. The van der Waals surface area contributed by atoms with Crippen molar-refractivity contribution in [1.82, 2.24) is 0 Å². The van der Waals surface area contributed by atoms with Crippen LogP contribution in [-0.2, 0) is 4.74 Å². The molecule has 0 heterocycles. The normalized spacial score (nSPS) is 34.6. The maximum Gasteiger partial charge on any atom is 0.0861 e. The number of aliphatic hydroxyl groups is 2. The Kier molecular flexibility index (Phi) is 7.31. The Morgan fingerprint density at radius 1 is 0.667 bits per heavy atom. The minimum Gasteiger partial charge on any atom is -0.473 e. The Morgan fingerprint density at radius 2 is 1.05 bits per heavy atom. The standard InChI is InChI=1S/C18H30O3/c19-17-9-5-15(6-10-17)3-1-13-21-14-2-4-16-7-11-18(20)12-8-16/h1-2,13-20H,3-12H2. The zero-order valence-corrected chi connectivity index (χ0v) is 13.0. The zero-order chi connectivity index (χ0) is 14.9. The second kappa shape index (κ2) is 9.26. The lowest BCUT2D eigenvalue weighted by atomic mass is 9.85. The van der Waals surface area contributed by atoms with Crippen LogP contribution in [0.5, 0.6) is 0 Å². The van der Waals surface area contributed by atoms with Gasteiger partial charge in [0.2, 0.25) is 0 Å². The minimum atomic E-state index is -0.0645. The van der Waals surface area contributed by atoms with Gasteiger partial charge in [-0.3, -0.25) is 0 Å². The molecule has 3 nitrogen and oxygen atoms in total. The second-order valence-electron chi connectivity index (χ2n) is 6.70. The van der Waals surface area contributed by atoms with Gasteiger partial charge in [-0.1, -0.05) is 0 Å². The first-order chi connectivity index (χ1) is 10.2. The fraction of sp³-hybridized carbons (Fsp3) is 0.778. The van der Waals surface area contributed by atoms with E-state index in [0.29, 0.717) is 11.8 Å². The predicted molar refractivity (Wildman–Crippen MR) is 84.5 cm³/mol. The van der Waals surface area contributed by atoms with E-state index >= 15 is 0 Å². The molecule has 0 aromatic carbocycles. The molecule has 0 radical (unpaired) electrons. The maximum absolute atomic E-state index is 9.45. The average molecular weight is 294 g/mol. The van der Waals surface area contributed by atoms with Crippen molar-refractivity contribution in [3.05, 3.63) is 24.7 Å². The van der Waals surface area contributed by atoms with E-state index in [-0.39, 0.29) is 12.2 Å². The van der Waals surface area contributed by atoms with Gasteiger partial charge in [-0.2, -0.15) is 0 Å². The van der Waals surface area contributed by atoms with Gasteiger partial charge in [0.25, 0.3) is 0 Å². The smallest absolute Gasteiger partial charge is 0.0861 e. The molecule has 0 bridgehead atoms. The lowest BCUT2D eigenvalue weighted by molar-refractivity contribution is 0.109. The van der Waals surface area contributed by atoms with Gasteiger partial charge in [-0.15, -0.1) is 0 Å². The second-order valence-corrected chi connectivity index (χ2v) is 6.70. The van der Waals surface area contributed by atoms with Crippen LogP contribution in [0.2, 0.25) is 0 Å². The molecule has 2 N–H and O–H groups in total. The van der Waals surface area contributed by atoms with Crippen LogP contribution in [0.1, 0.15) is 64.2 Å². The van der Waals surface area contributed by atoms with E-state index < -0.39 is 0 Å². The van der Waals surface area contributed by atoms with Gasteiger partial charge in [0.1, 0.15) is 0 Å². The molecule has 0 unspecified atom stereocenters. The van der Waals surface area contributed by atoms with Crippen molar-refractivity contribution >= 4 is 0 Å². The monoisotopic (exact) mass is 294 g/mol. The minimum absolute atomic E-state index is 0.0645. The number of hydrogen-bond acceptors (Lipinski definition) is 3. The zero-order valence-electron chi connectivity index (χ0n) is 13.0. The number of allylic oxidation sites excluding steroid dienone is 2. The summed E-state index contributed by atoms with van der Waals surface area (Å²) in [5, 5.41) is 18.9. The molecule has 0 aromatic rings. The molecule has 21 heavy (non-hydrogen) atoms. The van der Waals surface area contributed by atoms with Crippen LogP contribution in [0.4, 0.5) is 0 Å². The summed E-state index contributed by atoms with van der Waals surface area (Å²) in [5.41, 5.74) is 0. The van der Waals surface area contributed by atoms with Crippen LogP contribution >= 0.6 is 0 Å². The molecular formula is C18H30O3. The van der Waals surface area contributed by atoms with Crippen molar-refractivity contribution in [2.75, 3.05) is 0 Å². The Labute approximate surface area is 128 Å². The van der Waals surface area contributed by atoms with Gasteiger partial charge in [0.15, 0.2) is 0 Å². The molecule has 0 atom stereocenters. The fourth-order valence-electron chi connectivity index (χ4n) is 3.41. The van der Waals surface area contributed by atoms with Crippen molar-refractivity contribution in [3.63, 3.8) is 0 Å². The Morgan fingerprint density at radius 3 is 1.43 bits per heavy atom. The van der Waals surface area contributed by atoms with Crippen molar-refractivity contribution in [2.45, 2.75) is 76.4 Å². The van der Waals surface area contributed by atoms with Gasteiger partial charge in [0.05, 0.1) is 24.7 Å². The van der Waals surface area contributed by atoms with Gasteiger partial charge >= 0.3 is 0 Å². The van der Waals surface area contributed by atoms with Gasteiger partial charge in [-0.05, 0) is 88.2 Å². The summed E-state index contributed by atoms with van der Waals surface area (Å²) in [6.07, 6.45) is 18.1. The van der Waals surface area contributed by atoms with Gasteiger partial charge in [0, 0.05) is 0 Å². The van der Waals surface area contributed by atoms with Crippen molar-refractivity contribution in [2.24, 2.45) is 11.8 Å². The first-order valence-corrected chi connectivity index (χ1v) is 8.55. The summed E-state index contributed by atoms with van der Waals surface area (Å²) in [6, 6.07) is 0. The summed E-state index contributed by atoms with van der Waals surface area (Å²) in [6.45, 7) is 0. The number of aliphatic hydroxyl groups excluding tert-OH is 2. The van der Waals surface area contributed by atoms with Gasteiger partial charge < -0.3 is 14.9 Å². The van der Waals surface area contributed by atoms with E-state index in [1.807, 2.05) is 0 Å². The summed E-state index contributed by atoms with van der Waals surface area (Å²) >= 11 is 0. The first-order valence-electron chi connectivity index (χ1n) is 8.55. The Bertz CT molecular complexity index is 289. The SMILES string of the molecule is OC1CCC(CC=COC=CCC2CCC(O)CC2)CC1. The number of hydrogen-bond donors (Lipinski definition) is 2. The quantitative estimate of drug-likeness (QED) is 0.730. The highest BCUT2D eigenvalue weighted by molar-refractivity contribution is 4.85. The van der Waals surface area contributed by atoms with Crippen LogP contribution < -0.4 is 0 Å². The molecule has 2 aliphatic rings. The molecule has 0 aliphatic heterocycles. The highest BCUT2D eigenvalue weighted by Gasteiger charge is 2.18. The topological polar surface area (TPSA) is 49.7 Å². The van der Waals surface area contributed by atoms with E-state index in [1.54, 1.807) is 12.5 Å². The lowest BCUT2D eigenvalue weighted by Gasteiger charge is -2.24. The average Bonchev–Trinajstić information content (AvgIpc) is 2.50. The van der Waals surface area contributed by atoms with E-state index in [9.17, 15) is 10.2 Å². The highest BCUT2D eigenvalue weighted by Crippen LogP contribution is 2.27. The largest absolute Gasteiger partial charge is 0.473 e. The van der Waals surface area contributed by atoms with E-state index in [4.69, 9.17) is 4.74 Å². The first kappa shape index (κ1) is 16.6. The molecule has 0 amide bonds. The molecule has 2 rings (SSSR count). The summed E-state index contributed by atoms with van der Waals surface area (Å²) in [7, 11) is 0. The van der Waals surface area contributed by atoms with Crippen LogP contribution in [0, 0.1) is 11.8 Å². The third kappa shape index (κ3) is 6.66. The third-order valence-corrected chi connectivity index (χ3v) is 4.92. The van der Waals surface area contributed by atoms with Gasteiger partial charge in [-0.25, -0.2) is 0 Å². The summed E-state index contributed by atoms with van der Waals surface area (Å²) < 4.78 is 5.40. The fourth-order valence-corrected chi connectivity index (χ4v) is 3.41. The molecule has 0 aromatic heterocycles. The summed E-state index contributed by atoms with van der Waals surface area (Å²) in [4.78, 5) is 0. The van der Waals surface area contributed by atoms with Crippen LogP contribution in [-0.4, -0.2) is 22.4 Å². The van der Waals surface area contributed by atoms with E-state index in [1.165, 1.54) is 0 Å². The molecule has 2 aliphatic carbocycles. The van der Waals surface area contributed by atoms with Crippen molar-refractivity contribution in [1.29, 1.82) is 0 Å².